The molecule has 170 valence electrons. The summed E-state index contributed by atoms with van der Waals surface area (Å²) in [4.78, 5) is 30.3. The Hall–Kier alpha value is -3.37. The first kappa shape index (κ1) is 22.8. The Labute approximate surface area is 197 Å². The standard InChI is InChI=1S/C23H20FN3O4S2/c1-30-15-7-8-17(19(11-15)31-2)25-20(28)13-33-23-26-18-9-10-32-21(18)22(29)27(23)12-14-5-3-4-6-16(14)24/h3-11H,12-13H2,1-2H3,(H,25,28). The summed E-state index contributed by atoms with van der Waals surface area (Å²) in [5.41, 5.74) is 1.15. The molecule has 0 bridgehead atoms. The number of aromatic nitrogens is 2. The van der Waals surface area contributed by atoms with Crippen LogP contribution in [0.3, 0.4) is 0 Å². The highest BCUT2D eigenvalue weighted by Crippen LogP contribution is 2.29. The number of hydrogen-bond acceptors (Lipinski definition) is 7. The van der Waals surface area contributed by atoms with Gasteiger partial charge in [-0.05, 0) is 29.6 Å². The average Bonchev–Trinajstić information content (AvgIpc) is 3.30. The lowest BCUT2D eigenvalue weighted by atomic mass is 10.2. The number of thiophene rings is 1. The highest BCUT2D eigenvalue weighted by molar-refractivity contribution is 7.99. The molecule has 0 atom stereocenters. The fraction of sp³-hybridized carbons (Fsp3) is 0.174. The van der Waals surface area contributed by atoms with Gasteiger partial charge in [0.15, 0.2) is 5.16 Å². The molecule has 1 amide bonds. The molecule has 0 saturated heterocycles. The van der Waals surface area contributed by atoms with Crippen molar-refractivity contribution in [2.75, 3.05) is 25.3 Å². The number of rotatable bonds is 8. The van der Waals surface area contributed by atoms with Crippen LogP contribution in [0.4, 0.5) is 10.1 Å². The van der Waals surface area contributed by atoms with Gasteiger partial charge < -0.3 is 14.8 Å². The maximum atomic E-state index is 14.2. The minimum Gasteiger partial charge on any atom is -0.497 e. The normalized spacial score (nSPS) is 10.9. The second-order valence-corrected chi connectivity index (χ2v) is 8.77. The fourth-order valence-corrected chi connectivity index (χ4v) is 4.77. The van der Waals surface area contributed by atoms with Crippen molar-refractivity contribution in [3.8, 4) is 11.5 Å². The van der Waals surface area contributed by atoms with E-state index in [1.54, 1.807) is 55.0 Å². The number of carbonyl (C=O) groups excluding carboxylic acids is 1. The Morgan fingerprint density at radius 2 is 2.00 bits per heavy atom. The average molecular weight is 486 g/mol. The molecule has 0 aliphatic rings. The summed E-state index contributed by atoms with van der Waals surface area (Å²) in [6, 6.07) is 13.1. The van der Waals surface area contributed by atoms with Gasteiger partial charge in [-0.3, -0.25) is 14.2 Å². The third kappa shape index (κ3) is 5.01. The molecular formula is C23H20FN3O4S2. The number of anilines is 1. The second-order valence-electron chi connectivity index (χ2n) is 6.92. The van der Waals surface area contributed by atoms with Crippen LogP contribution in [0, 0.1) is 5.82 Å². The molecule has 0 fully saturated rings. The van der Waals surface area contributed by atoms with Gasteiger partial charge in [0.05, 0.1) is 37.7 Å². The summed E-state index contributed by atoms with van der Waals surface area (Å²) >= 11 is 2.39. The van der Waals surface area contributed by atoms with E-state index in [2.05, 4.69) is 10.3 Å². The molecule has 0 aliphatic carbocycles. The molecule has 1 N–H and O–H groups in total. The van der Waals surface area contributed by atoms with Crippen LogP contribution in [0.25, 0.3) is 10.2 Å². The van der Waals surface area contributed by atoms with Crippen molar-refractivity contribution in [1.82, 2.24) is 9.55 Å². The van der Waals surface area contributed by atoms with Crippen molar-refractivity contribution in [3.63, 3.8) is 0 Å². The van der Waals surface area contributed by atoms with Crippen molar-refractivity contribution in [2.45, 2.75) is 11.7 Å². The molecule has 0 aliphatic heterocycles. The third-order valence-corrected chi connectivity index (χ3v) is 6.70. The van der Waals surface area contributed by atoms with Crippen LogP contribution < -0.4 is 20.3 Å². The number of ether oxygens (including phenoxy) is 2. The third-order valence-electron chi connectivity index (χ3n) is 4.83. The van der Waals surface area contributed by atoms with Gasteiger partial charge in [-0.1, -0.05) is 30.0 Å². The van der Waals surface area contributed by atoms with E-state index in [-0.39, 0.29) is 23.8 Å². The van der Waals surface area contributed by atoms with E-state index in [4.69, 9.17) is 9.47 Å². The van der Waals surface area contributed by atoms with Gasteiger partial charge in [-0.25, -0.2) is 9.37 Å². The Balaban J connectivity index is 1.57. The number of thioether (sulfide) groups is 1. The van der Waals surface area contributed by atoms with Crippen LogP contribution in [0.1, 0.15) is 5.56 Å². The minimum absolute atomic E-state index is 0.00542. The summed E-state index contributed by atoms with van der Waals surface area (Å²) in [6.45, 7) is 0.0165. The molecule has 0 spiro atoms. The Morgan fingerprint density at radius 3 is 2.76 bits per heavy atom. The molecule has 2 aromatic carbocycles. The number of carbonyl (C=O) groups is 1. The van der Waals surface area contributed by atoms with Gasteiger partial charge in [0.2, 0.25) is 5.91 Å². The van der Waals surface area contributed by atoms with Crippen LogP contribution in [0.2, 0.25) is 0 Å². The maximum absolute atomic E-state index is 14.2. The zero-order chi connectivity index (χ0) is 23.4. The number of methoxy groups -OCH3 is 2. The molecule has 0 radical (unpaired) electrons. The summed E-state index contributed by atoms with van der Waals surface area (Å²) < 4.78 is 26.6. The van der Waals surface area contributed by atoms with Crippen LogP contribution in [-0.4, -0.2) is 35.4 Å². The first-order valence-electron chi connectivity index (χ1n) is 9.86. The summed E-state index contributed by atoms with van der Waals surface area (Å²) in [6.07, 6.45) is 0. The minimum atomic E-state index is -0.407. The first-order valence-corrected chi connectivity index (χ1v) is 11.7. The predicted octanol–water partition coefficient (Wildman–Crippen LogP) is 4.39. The van der Waals surface area contributed by atoms with Crippen LogP contribution in [-0.2, 0) is 11.3 Å². The van der Waals surface area contributed by atoms with Crippen molar-refractivity contribution in [1.29, 1.82) is 0 Å². The number of benzene rings is 2. The highest BCUT2D eigenvalue weighted by atomic mass is 32.2. The quantitative estimate of drug-likeness (QED) is 0.294. The number of nitrogens with zero attached hydrogens (tertiary/aromatic N) is 2. The number of nitrogens with one attached hydrogen (secondary N) is 1. The lowest BCUT2D eigenvalue weighted by molar-refractivity contribution is -0.113. The van der Waals surface area contributed by atoms with Crippen LogP contribution in [0.15, 0.2) is 63.9 Å². The fourth-order valence-electron chi connectivity index (χ4n) is 3.19. The van der Waals surface area contributed by atoms with Gasteiger partial charge in [0, 0.05) is 11.6 Å². The van der Waals surface area contributed by atoms with E-state index in [0.717, 1.165) is 11.8 Å². The van der Waals surface area contributed by atoms with E-state index in [0.29, 0.717) is 38.1 Å². The van der Waals surface area contributed by atoms with Crippen molar-refractivity contribution >= 4 is 44.9 Å². The second kappa shape index (κ2) is 10.1. The predicted molar refractivity (Wildman–Crippen MR) is 128 cm³/mol. The van der Waals surface area contributed by atoms with Gasteiger partial charge in [-0.15, -0.1) is 11.3 Å². The molecule has 0 unspecified atom stereocenters. The Morgan fingerprint density at radius 1 is 1.18 bits per heavy atom. The highest BCUT2D eigenvalue weighted by Gasteiger charge is 2.16. The Kier molecular flexibility index (Phi) is 6.95. The number of amides is 1. The monoisotopic (exact) mass is 485 g/mol. The zero-order valence-electron chi connectivity index (χ0n) is 17.8. The van der Waals surface area contributed by atoms with Gasteiger partial charge in [0.1, 0.15) is 22.0 Å². The smallest absolute Gasteiger partial charge is 0.272 e. The lowest BCUT2D eigenvalue weighted by Gasteiger charge is -2.14. The van der Waals surface area contributed by atoms with Crippen molar-refractivity contribution < 1.29 is 18.7 Å². The summed E-state index contributed by atoms with van der Waals surface area (Å²) in [5.74, 6) is 0.345. The molecule has 2 heterocycles. The molecule has 10 heteroatoms. The summed E-state index contributed by atoms with van der Waals surface area (Å²) in [5, 5.41) is 4.91. The molecule has 33 heavy (non-hydrogen) atoms. The number of fused-ring (bicyclic) bond motifs is 1. The van der Waals surface area contributed by atoms with Crippen LogP contribution in [0.5, 0.6) is 11.5 Å². The maximum Gasteiger partial charge on any atom is 0.272 e. The topological polar surface area (TPSA) is 82.5 Å². The molecular weight excluding hydrogens is 465 g/mol. The first-order chi connectivity index (χ1) is 16.0. The SMILES string of the molecule is COc1ccc(NC(=O)CSc2nc3ccsc3c(=O)n2Cc2ccccc2F)c(OC)c1. The van der Waals surface area contributed by atoms with E-state index in [9.17, 15) is 14.0 Å². The van der Waals surface area contributed by atoms with E-state index >= 15 is 0 Å². The Bertz CT molecular complexity index is 1370. The van der Waals surface area contributed by atoms with Crippen molar-refractivity contribution in [3.05, 3.63) is 75.6 Å². The molecule has 7 nitrogen and oxygen atoms in total. The lowest BCUT2D eigenvalue weighted by Crippen LogP contribution is -2.24. The number of hydrogen-bond donors (Lipinski definition) is 1. The van der Waals surface area contributed by atoms with E-state index in [1.807, 2.05) is 0 Å². The molecule has 0 saturated carbocycles. The van der Waals surface area contributed by atoms with E-state index < -0.39 is 5.82 Å². The van der Waals surface area contributed by atoms with Gasteiger partial charge in [-0.2, -0.15) is 0 Å². The van der Waals surface area contributed by atoms with Crippen molar-refractivity contribution in [2.24, 2.45) is 0 Å². The summed E-state index contributed by atoms with van der Waals surface area (Å²) in [7, 11) is 3.04. The number of halogens is 1. The molecule has 2 aromatic heterocycles. The van der Waals surface area contributed by atoms with E-state index in [1.165, 1.54) is 29.1 Å². The zero-order valence-corrected chi connectivity index (χ0v) is 19.5. The molecule has 4 rings (SSSR count). The van der Waals surface area contributed by atoms with Gasteiger partial charge in [0.25, 0.3) is 5.56 Å². The van der Waals surface area contributed by atoms with Gasteiger partial charge >= 0.3 is 0 Å². The molecule has 4 aromatic rings. The van der Waals surface area contributed by atoms with Crippen LogP contribution >= 0.6 is 23.1 Å². The largest absolute Gasteiger partial charge is 0.497 e.